The molecule has 2 nitrogen and oxygen atoms in total. The van der Waals surface area contributed by atoms with Gasteiger partial charge < -0.3 is 10.2 Å². The summed E-state index contributed by atoms with van der Waals surface area (Å²) < 4.78 is 0. The normalized spacial score (nSPS) is 18.9. The van der Waals surface area contributed by atoms with Crippen molar-refractivity contribution in [3.05, 3.63) is 0 Å². The van der Waals surface area contributed by atoms with Crippen molar-refractivity contribution in [3.63, 3.8) is 0 Å². The summed E-state index contributed by atoms with van der Waals surface area (Å²) in [5.74, 6) is 0.783. The van der Waals surface area contributed by atoms with E-state index < -0.39 is 0 Å². The number of nitrogens with one attached hydrogen (secondary N) is 1. The van der Waals surface area contributed by atoms with E-state index >= 15 is 0 Å². The quantitative estimate of drug-likeness (QED) is 0.672. The standard InChI is InChI=1S/C14H30N2/c1-14(2)13-15-9-5-8-12-16-10-6-3-4-7-11-16/h14-15H,3-13H2,1-2H3. The van der Waals surface area contributed by atoms with Crippen LogP contribution in [-0.2, 0) is 0 Å². The van der Waals surface area contributed by atoms with Gasteiger partial charge in [-0.2, -0.15) is 0 Å². The lowest BCUT2D eigenvalue weighted by atomic mass is 10.2. The van der Waals surface area contributed by atoms with Crippen LogP contribution in [0.3, 0.4) is 0 Å². The first-order valence-electron chi connectivity index (χ1n) is 7.22. The number of nitrogens with zero attached hydrogens (tertiary/aromatic N) is 1. The van der Waals surface area contributed by atoms with E-state index in [1.165, 1.54) is 71.2 Å². The minimum atomic E-state index is 0.783. The Labute approximate surface area is 102 Å². The van der Waals surface area contributed by atoms with Crippen LogP contribution in [0.15, 0.2) is 0 Å². The van der Waals surface area contributed by atoms with Crippen LogP contribution in [0.5, 0.6) is 0 Å². The topological polar surface area (TPSA) is 15.3 Å². The minimum absolute atomic E-state index is 0.783. The number of hydrogen-bond acceptors (Lipinski definition) is 2. The Kier molecular flexibility index (Phi) is 7.87. The highest BCUT2D eigenvalue weighted by Crippen LogP contribution is 2.09. The molecule has 0 aromatic heterocycles. The molecule has 0 radical (unpaired) electrons. The molecule has 1 rings (SSSR count). The smallest absolute Gasteiger partial charge is 0.00183 e. The highest BCUT2D eigenvalue weighted by molar-refractivity contribution is 4.63. The van der Waals surface area contributed by atoms with E-state index in [2.05, 4.69) is 24.1 Å². The predicted molar refractivity (Wildman–Crippen MR) is 71.8 cm³/mol. The van der Waals surface area contributed by atoms with Gasteiger partial charge in [0.05, 0.1) is 0 Å². The molecule has 1 heterocycles. The largest absolute Gasteiger partial charge is 0.316 e. The first kappa shape index (κ1) is 14.0. The predicted octanol–water partition coefficient (Wildman–Crippen LogP) is 2.89. The summed E-state index contributed by atoms with van der Waals surface area (Å²) in [6.07, 6.45) is 8.45. The maximum Gasteiger partial charge on any atom is -0.00183 e. The Hall–Kier alpha value is -0.0800. The number of likely N-dealkylation sites (tertiary alicyclic amines) is 1. The maximum atomic E-state index is 3.52. The molecule has 0 atom stereocenters. The molecule has 1 N–H and O–H groups in total. The van der Waals surface area contributed by atoms with Gasteiger partial charge in [0, 0.05) is 0 Å². The lowest BCUT2D eigenvalue weighted by Gasteiger charge is -2.19. The second-order valence-corrected chi connectivity index (χ2v) is 5.56. The van der Waals surface area contributed by atoms with Gasteiger partial charge in [-0.1, -0.05) is 26.7 Å². The van der Waals surface area contributed by atoms with E-state index in [-0.39, 0.29) is 0 Å². The molecular weight excluding hydrogens is 196 g/mol. The molecule has 0 aromatic rings. The Morgan fingerprint density at radius 2 is 1.69 bits per heavy atom. The van der Waals surface area contributed by atoms with Crippen LogP contribution in [0.1, 0.15) is 52.4 Å². The van der Waals surface area contributed by atoms with Gasteiger partial charge in [-0.25, -0.2) is 0 Å². The number of rotatable bonds is 7. The third-order valence-corrected chi connectivity index (χ3v) is 3.33. The van der Waals surface area contributed by atoms with Crippen LogP contribution in [-0.4, -0.2) is 37.6 Å². The summed E-state index contributed by atoms with van der Waals surface area (Å²) in [6, 6.07) is 0. The van der Waals surface area contributed by atoms with Crippen LogP contribution < -0.4 is 5.32 Å². The van der Waals surface area contributed by atoms with Gasteiger partial charge in [0.1, 0.15) is 0 Å². The summed E-state index contributed by atoms with van der Waals surface area (Å²) in [5, 5.41) is 3.52. The molecule has 0 aromatic carbocycles. The Bertz CT molecular complexity index is 149. The van der Waals surface area contributed by atoms with Crippen molar-refractivity contribution in [2.24, 2.45) is 5.92 Å². The average Bonchev–Trinajstić information content (AvgIpc) is 2.51. The van der Waals surface area contributed by atoms with Gasteiger partial charge in [0.25, 0.3) is 0 Å². The number of hydrogen-bond donors (Lipinski definition) is 1. The van der Waals surface area contributed by atoms with E-state index in [0.29, 0.717) is 0 Å². The zero-order chi connectivity index (χ0) is 11.6. The molecule has 1 fully saturated rings. The fraction of sp³-hybridized carbons (Fsp3) is 1.00. The highest BCUT2D eigenvalue weighted by Gasteiger charge is 2.07. The van der Waals surface area contributed by atoms with Gasteiger partial charge in [0.15, 0.2) is 0 Å². The summed E-state index contributed by atoms with van der Waals surface area (Å²) in [7, 11) is 0. The van der Waals surface area contributed by atoms with Crippen LogP contribution in [0.25, 0.3) is 0 Å². The fourth-order valence-electron chi connectivity index (χ4n) is 2.34. The Morgan fingerprint density at radius 1 is 1.00 bits per heavy atom. The SMILES string of the molecule is CC(C)CNCCCCN1CCCCCC1. The zero-order valence-electron chi connectivity index (χ0n) is 11.3. The van der Waals surface area contributed by atoms with E-state index in [1.807, 2.05) is 0 Å². The maximum absolute atomic E-state index is 3.52. The van der Waals surface area contributed by atoms with Crippen molar-refractivity contribution in [2.75, 3.05) is 32.7 Å². The van der Waals surface area contributed by atoms with Crippen LogP contribution in [0, 0.1) is 5.92 Å². The van der Waals surface area contributed by atoms with Gasteiger partial charge >= 0.3 is 0 Å². The second-order valence-electron chi connectivity index (χ2n) is 5.56. The molecule has 0 amide bonds. The minimum Gasteiger partial charge on any atom is -0.316 e. The Morgan fingerprint density at radius 3 is 2.31 bits per heavy atom. The molecule has 0 spiro atoms. The molecule has 0 bridgehead atoms. The van der Waals surface area contributed by atoms with E-state index in [4.69, 9.17) is 0 Å². The monoisotopic (exact) mass is 226 g/mol. The van der Waals surface area contributed by atoms with E-state index in [1.54, 1.807) is 0 Å². The summed E-state index contributed by atoms with van der Waals surface area (Å²) in [4.78, 5) is 2.66. The van der Waals surface area contributed by atoms with Crippen LogP contribution >= 0.6 is 0 Å². The first-order chi connectivity index (χ1) is 7.79. The van der Waals surface area contributed by atoms with Crippen molar-refractivity contribution in [2.45, 2.75) is 52.4 Å². The van der Waals surface area contributed by atoms with E-state index in [9.17, 15) is 0 Å². The lowest BCUT2D eigenvalue weighted by molar-refractivity contribution is 0.278. The van der Waals surface area contributed by atoms with Crippen molar-refractivity contribution >= 4 is 0 Å². The fourth-order valence-corrected chi connectivity index (χ4v) is 2.34. The molecule has 1 aliphatic rings. The van der Waals surface area contributed by atoms with Crippen molar-refractivity contribution in [1.82, 2.24) is 10.2 Å². The zero-order valence-corrected chi connectivity index (χ0v) is 11.3. The summed E-state index contributed by atoms with van der Waals surface area (Å²) in [5.41, 5.74) is 0. The number of unbranched alkanes of at least 4 members (excludes halogenated alkanes) is 1. The van der Waals surface area contributed by atoms with Crippen LogP contribution in [0.2, 0.25) is 0 Å². The molecular formula is C14H30N2. The highest BCUT2D eigenvalue weighted by atomic mass is 15.1. The Balaban J connectivity index is 1.89. The van der Waals surface area contributed by atoms with Crippen molar-refractivity contribution in [3.8, 4) is 0 Å². The third-order valence-electron chi connectivity index (χ3n) is 3.33. The van der Waals surface area contributed by atoms with Gasteiger partial charge in [-0.15, -0.1) is 0 Å². The first-order valence-corrected chi connectivity index (χ1v) is 7.22. The van der Waals surface area contributed by atoms with Gasteiger partial charge in [-0.05, 0) is 64.3 Å². The lowest BCUT2D eigenvalue weighted by Crippen LogP contribution is -2.27. The average molecular weight is 226 g/mol. The molecule has 0 aliphatic carbocycles. The third kappa shape index (κ3) is 7.24. The summed E-state index contributed by atoms with van der Waals surface area (Å²) >= 11 is 0. The molecule has 16 heavy (non-hydrogen) atoms. The molecule has 1 saturated heterocycles. The molecule has 1 aliphatic heterocycles. The van der Waals surface area contributed by atoms with Gasteiger partial charge in [-0.3, -0.25) is 0 Å². The molecule has 2 heteroatoms. The second kappa shape index (κ2) is 9.00. The summed E-state index contributed by atoms with van der Waals surface area (Å²) in [6.45, 7) is 10.9. The van der Waals surface area contributed by atoms with Crippen molar-refractivity contribution < 1.29 is 0 Å². The molecule has 0 unspecified atom stereocenters. The van der Waals surface area contributed by atoms with Crippen LogP contribution in [0.4, 0.5) is 0 Å². The molecule has 0 saturated carbocycles. The van der Waals surface area contributed by atoms with E-state index in [0.717, 1.165) is 5.92 Å². The van der Waals surface area contributed by atoms with Gasteiger partial charge in [0.2, 0.25) is 0 Å². The molecule has 96 valence electrons. The van der Waals surface area contributed by atoms with Crippen molar-refractivity contribution in [1.29, 1.82) is 0 Å².